The average Bonchev–Trinajstić information content (AvgIpc) is 2.90. The van der Waals surface area contributed by atoms with E-state index in [1.165, 1.54) is 0 Å². The number of amides is 1. The van der Waals surface area contributed by atoms with Gasteiger partial charge >= 0.3 is 0 Å². The SMILES string of the molecule is C=CC1=C(C/C=C\C)N(C(=O)c2cc(Cl)c(O)c(CC)c2)C(C)C1. The van der Waals surface area contributed by atoms with Crippen LogP contribution in [-0.4, -0.2) is 22.0 Å². The first-order chi connectivity index (χ1) is 11.4. The third-order valence-corrected chi connectivity index (χ3v) is 4.69. The number of benzene rings is 1. The van der Waals surface area contributed by atoms with Crippen LogP contribution in [-0.2, 0) is 6.42 Å². The molecule has 1 N–H and O–H groups in total. The number of allylic oxidation sites excluding steroid dienone is 3. The lowest BCUT2D eigenvalue weighted by molar-refractivity contribution is 0.0773. The highest BCUT2D eigenvalue weighted by molar-refractivity contribution is 6.32. The fourth-order valence-electron chi connectivity index (χ4n) is 3.12. The van der Waals surface area contributed by atoms with E-state index in [-0.39, 0.29) is 22.7 Å². The van der Waals surface area contributed by atoms with Gasteiger partial charge in [-0.05, 0) is 50.0 Å². The van der Waals surface area contributed by atoms with Crippen LogP contribution in [0.1, 0.15) is 49.5 Å². The smallest absolute Gasteiger partial charge is 0.258 e. The second kappa shape index (κ2) is 7.71. The van der Waals surface area contributed by atoms with Gasteiger partial charge in [-0.25, -0.2) is 0 Å². The highest BCUT2D eigenvalue weighted by atomic mass is 35.5. The molecule has 1 amide bonds. The quantitative estimate of drug-likeness (QED) is 0.740. The van der Waals surface area contributed by atoms with Crippen molar-refractivity contribution in [2.75, 3.05) is 0 Å². The Morgan fingerprint density at radius 1 is 1.50 bits per heavy atom. The first kappa shape index (κ1) is 18.3. The van der Waals surface area contributed by atoms with E-state index in [1.807, 2.05) is 43.9 Å². The molecule has 0 spiro atoms. The Bertz CT molecular complexity index is 719. The molecule has 1 aliphatic heterocycles. The monoisotopic (exact) mass is 345 g/mol. The van der Waals surface area contributed by atoms with E-state index in [9.17, 15) is 9.90 Å². The van der Waals surface area contributed by atoms with Crippen LogP contribution in [0.2, 0.25) is 5.02 Å². The van der Waals surface area contributed by atoms with E-state index in [0.717, 1.165) is 17.7 Å². The molecule has 1 unspecified atom stereocenters. The van der Waals surface area contributed by atoms with E-state index in [4.69, 9.17) is 11.6 Å². The number of nitrogens with zero attached hydrogens (tertiary/aromatic N) is 1. The molecule has 1 atom stereocenters. The van der Waals surface area contributed by atoms with Crippen molar-refractivity contribution in [3.8, 4) is 5.75 Å². The van der Waals surface area contributed by atoms with E-state index in [0.29, 0.717) is 24.0 Å². The minimum Gasteiger partial charge on any atom is -0.506 e. The maximum atomic E-state index is 13.1. The average molecular weight is 346 g/mol. The molecule has 1 aromatic carbocycles. The van der Waals surface area contributed by atoms with Gasteiger partial charge < -0.3 is 10.0 Å². The van der Waals surface area contributed by atoms with Gasteiger partial charge in [-0.3, -0.25) is 4.79 Å². The zero-order chi connectivity index (χ0) is 17.9. The fraction of sp³-hybridized carbons (Fsp3) is 0.350. The summed E-state index contributed by atoms with van der Waals surface area (Å²) in [6.45, 7) is 9.80. The topological polar surface area (TPSA) is 40.5 Å². The molecule has 0 fully saturated rings. The summed E-state index contributed by atoms with van der Waals surface area (Å²) >= 11 is 6.10. The van der Waals surface area contributed by atoms with Gasteiger partial charge in [0.2, 0.25) is 0 Å². The minimum atomic E-state index is -0.0875. The number of carbonyl (C=O) groups is 1. The van der Waals surface area contributed by atoms with Crippen LogP contribution in [0.15, 0.2) is 48.2 Å². The Morgan fingerprint density at radius 3 is 2.79 bits per heavy atom. The third kappa shape index (κ3) is 3.41. The van der Waals surface area contributed by atoms with Crippen LogP contribution in [0.25, 0.3) is 0 Å². The molecule has 24 heavy (non-hydrogen) atoms. The molecule has 2 rings (SSSR count). The van der Waals surface area contributed by atoms with E-state index >= 15 is 0 Å². The zero-order valence-corrected chi connectivity index (χ0v) is 15.2. The molecular formula is C20H24ClNO2. The number of hydrogen-bond acceptors (Lipinski definition) is 2. The molecule has 1 aromatic rings. The number of halogens is 1. The Labute approximate surface area is 148 Å². The van der Waals surface area contributed by atoms with Crippen LogP contribution in [0.4, 0.5) is 0 Å². The summed E-state index contributed by atoms with van der Waals surface area (Å²) in [7, 11) is 0. The number of phenolic OH excluding ortho intramolecular Hbond substituents is 1. The Kier molecular flexibility index (Phi) is 5.89. The molecule has 1 heterocycles. The predicted molar refractivity (Wildman–Crippen MR) is 99.4 cm³/mol. The second-order valence-electron chi connectivity index (χ2n) is 6.00. The molecule has 0 aliphatic carbocycles. The van der Waals surface area contributed by atoms with E-state index in [1.54, 1.807) is 12.1 Å². The molecule has 1 aliphatic rings. The first-order valence-corrected chi connectivity index (χ1v) is 8.62. The summed E-state index contributed by atoms with van der Waals surface area (Å²) in [6, 6.07) is 3.35. The first-order valence-electron chi connectivity index (χ1n) is 8.25. The Hall–Kier alpha value is -2.00. The molecule has 4 heteroatoms. The third-order valence-electron chi connectivity index (χ3n) is 4.40. The molecule has 0 saturated carbocycles. The lowest BCUT2D eigenvalue weighted by Crippen LogP contribution is -2.34. The Balaban J connectivity index is 2.45. The highest BCUT2D eigenvalue weighted by Crippen LogP contribution is 2.35. The lowest BCUT2D eigenvalue weighted by atomic mass is 10.1. The van der Waals surface area contributed by atoms with Gasteiger partial charge in [0.15, 0.2) is 0 Å². The van der Waals surface area contributed by atoms with Gasteiger partial charge in [0, 0.05) is 23.7 Å². The number of aromatic hydroxyl groups is 1. The largest absolute Gasteiger partial charge is 0.506 e. The predicted octanol–water partition coefficient (Wildman–Crippen LogP) is 5.25. The summed E-state index contributed by atoms with van der Waals surface area (Å²) < 4.78 is 0. The number of hydrogen-bond donors (Lipinski definition) is 1. The van der Waals surface area contributed by atoms with Gasteiger partial charge in [-0.15, -0.1) is 0 Å². The molecular weight excluding hydrogens is 322 g/mol. The molecule has 3 nitrogen and oxygen atoms in total. The zero-order valence-electron chi connectivity index (χ0n) is 14.5. The van der Waals surface area contributed by atoms with E-state index < -0.39 is 0 Å². The number of phenols is 1. The van der Waals surface area contributed by atoms with Crippen molar-refractivity contribution in [2.24, 2.45) is 0 Å². The highest BCUT2D eigenvalue weighted by Gasteiger charge is 2.32. The van der Waals surface area contributed by atoms with Gasteiger partial charge in [-0.2, -0.15) is 0 Å². The van der Waals surface area contributed by atoms with Crippen molar-refractivity contribution in [2.45, 2.75) is 46.1 Å². The summed E-state index contributed by atoms with van der Waals surface area (Å²) in [5, 5.41) is 10.2. The summed E-state index contributed by atoms with van der Waals surface area (Å²) in [5.41, 5.74) is 3.28. The molecule has 0 saturated heterocycles. The van der Waals surface area contributed by atoms with Gasteiger partial charge in [0.05, 0.1) is 5.02 Å². The normalized spacial score (nSPS) is 17.8. The van der Waals surface area contributed by atoms with Crippen LogP contribution >= 0.6 is 11.6 Å². The van der Waals surface area contributed by atoms with Crippen LogP contribution in [0.5, 0.6) is 5.75 Å². The van der Waals surface area contributed by atoms with Crippen molar-refractivity contribution >= 4 is 17.5 Å². The fourth-order valence-corrected chi connectivity index (χ4v) is 3.36. The number of rotatable bonds is 5. The van der Waals surface area contributed by atoms with Crippen molar-refractivity contribution in [1.29, 1.82) is 0 Å². The standard InChI is InChI=1S/C20H24ClNO2/c1-5-8-9-18-14(6-2)10-13(4)22(18)20(24)16-11-15(7-3)19(23)17(21)12-16/h5-6,8,11-13,23H,2,7,9-10H2,1,3-4H3/b8-5-. The maximum absolute atomic E-state index is 13.1. The second-order valence-corrected chi connectivity index (χ2v) is 6.40. The van der Waals surface area contributed by atoms with Crippen molar-refractivity contribution < 1.29 is 9.90 Å². The van der Waals surface area contributed by atoms with Gasteiger partial charge in [0.1, 0.15) is 5.75 Å². The summed E-state index contributed by atoms with van der Waals surface area (Å²) in [4.78, 5) is 14.9. The molecule has 0 bridgehead atoms. The van der Waals surface area contributed by atoms with Crippen molar-refractivity contribution in [1.82, 2.24) is 4.90 Å². The van der Waals surface area contributed by atoms with Crippen LogP contribution < -0.4 is 0 Å². The van der Waals surface area contributed by atoms with Gasteiger partial charge in [-0.1, -0.05) is 43.3 Å². The summed E-state index contributed by atoms with van der Waals surface area (Å²) in [6.07, 6.45) is 7.96. The summed E-state index contributed by atoms with van der Waals surface area (Å²) in [5.74, 6) is -0.0305. The molecule has 0 aromatic heterocycles. The minimum absolute atomic E-state index is 0.0571. The lowest BCUT2D eigenvalue weighted by Gasteiger charge is -2.25. The van der Waals surface area contributed by atoms with Crippen molar-refractivity contribution in [3.63, 3.8) is 0 Å². The number of carbonyl (C=O) groups excluding carboxylic acids is 1. The number of aryl methyl sites for hydroxylation is 1. The molecule has 0 radical (unpaired) electrons. The van der Waals surface area contributed by atoms with E-state index in [2.05, 4.69) is 6.58 Å². The van der Waals surface area contributed by atoms with Crippen LogP contribution in [0.3, 0.4) is 0 Å². The Morgan fingerprint density at radius 2 is 2.21 bits per heavy atom. The maximum Gasteiger partial charge on any atom is 0.258 e. The van der Waals surface area contributed by atoms with Crippen LogP contribution in [0, 0.1) is 0 Å². The van der Waals surface area contributed by atoms with Gasteiger partial charge in [0.25, 0.3) is 5.91 Å². The molecule has 128 valence electrons. The van der Waals surface area contributed by atoms with Crippen molar-refractivity contribution in [3.05, 3.63) is 64.4 Å².